The molecule has 0 saturated heterocycles. The summed E-state index contributed by atoms with van der Waals surface area (Å²) < 4.78 is 23.9. The van der Waals surface area contributed by atoms with Gasteiger partial charge in [0.25, 0.3) is 0 Å². The Balaban J connectivity index is 2.86. The molecule has 108 valence electrons. The van der Waals surface area contributed by atoms with E-state index < -0.39 is 9.84 Å². The van der Waals surface area contributed by atoms with E-state index in [0.717, 1.165) is 19.3 Å². The zero-order chi connectivity index (χ0) is 14.3. The molecule has 2 N–H and O–H groups in total. The highest BCUT2D eigenvalue weighted by molar-refractivity contribution is 7.91. The minimum absolute atomic E-state index is 0.219. The molecule has 1 rings (SSSR count). The van der Waals surface area contributed by atoms with Gasteiger partial charge in [0.15, 0.2) is 9.84 Å². The molecule has 0 aliphatic carbocycles. The molecular weight excluding hydrogens is 258 g/mol. The molecule has 4 heteroatoms. The molecule has 0 amide bonds. The van der Waals surface area contributed by atoms with E-state index >= 15 is 0 Å². The lowest BCUT2D eigenvalue weighted by Crippen LogP contribution is -2.07. The second-order valence-corrected chi connectivity index (χ2v) is 7.03. The van der Waals surface area contributed by atoms with Crippen LogP contribution in [0.2, 0.25) is 0 Å². The molecule has 0 spiro atoms. The fraction of sp³-hybridized carbons (Fsp3) is 0.600. The summed E-state index contributed by atoms with van der Waals surface area (Å²) in [6.45, 7) is 4.74. The minimum Gasteiger partial charge on any atom is -0.330 e. The predicted molar refractivity (Wildman–Crippen MR) is 80.1 cm³/mol. The molecule has 19 heavy (non-hydrogen) atoms. The van der Waals surface area contributed by atoms with Crippen molar-refractivity contribution in [3.05, 3.63) is 29.8 Å². The average Bonchev–Trinajstić information content (AvgIpc) is 2.40. The molecule has 1 aromatic carbocycles. The Kier molecular flexibility index (Phi) is 6.52. The SMILES string of the molecule is CCCS(=O)(=O)c1ccc(C(CC)CCCN)cc1. The van der Waals surface area contributed by atoms with Crippen molar-refractivity contribution in [3.63, 3.8) is 0 Å². The summed E-state index contributed by atoms with van der Waals surface area (Å²) in [5.41, 5.74) is 6.76. The van der Waals surface area contributed by atoms with Crippen molar-refractivity contribution >= 4 is 9.84 Å². The largest absolute Gasteiger partial charge is 0.330 e. The van der Waals surface area contributed by atoms with Gasteiger partial charge in [-0.2, -0.15) is 0 Å². The number of hydrogen-bond donors (Lipinski definition) is 1. The van der Waals surface area contributed by atoms with E-state index in [2.05, 4.69) is 6.92 Å². The highest BCUT2D eigenvalue weighted by atomic mass is 32.2. The van der Waals surface area contributed by atoms with Gasteiger partial charge in [0.05, 0.1) is 10.6 Å². The summed E-state index contributed by atoms with van der Waals surface area (Å²) in [6.07, 6.45) is 3.78. The third-order valence-electron chi connectivity index (χ3n) is 3.43. The van der Waals surface area contributed by atoms with Gasteiger partial charge >= 0.3 is 0 Å². The van der Waals surface area contributed by atoms with Crippen LogP contribution in [0.25, 0.3) is 0 Å². The van der Waals surface area contributed by atoms with Crippen LogP contribution in [-0.2, 0) is 9.84 Å². The van der Waals surface area contributed by atoms with Crippen molar-refractivity contribution in [2.75, 3.05) is 12.3 Å². The Labute approximate surface area is 117 Å². The highest BCUT2D eigenvalue weighted by Crippen LogP contribution is 2.25. The summed E-state index contributed by atoms with van der Waals surface area (Å²) in [5.74, 6) is 0.697. The van der Waals surface area contributed by atoms with Gasteiger partial charge in [0.2, 0.25) is 0 Å². The Morgan fingerprint density at radius 3 is 2.26 bits per heavy atom. The van der Waals surface area contributed by atoms with Crippen LogP contribution in [0.5, 0.6) is 0 Å². The van der Waals surface area contributed by atoms with Crippen molar-refractivity contribution in [3.8, 4) is 0 Å². The van der Waals surface area contributed by atoms with Crippen LogP contribution >= 0.6 is 0 Å². The van der Waals surface area contributed by atoms with Gasteiger partial charge in [-0.1, -0.05) is 26.0 Å². The lowest BCUT2D eigenvalue weighted by Gasteiger charge is -2.15. The molecule has 1 aromatic rings. The Bertz CT molecular complexity index is 465. The number of nitrogens with two attached hydrogens (primary N) is 1. The average molecular weight is 283 g/mol. The molecule has 3 nitrogen and oxygen atoms in total. The number of rotatable bonds is 8. The maximum atomic E-state index is 11.9. The molecule has 0 fully saturated rings. The van der Waals surface area contributed by atoms with Gasteiger partial charge in [0, 0.05) is 0 Å². The fourth-order valence-electron chi connectivity index (χ4n) is 2.30. The Hall–Kier alpha value is -0.870. The van der Waals surface area contributed by atoms with Gasteiger partial charge < -0.3 is 5.73 Å². The van der Waals surface area contributed by atoms with E-state index in [-0.39, 0.29) is 5.75 Å². The highest BCUT2D eigenvalue weighted by Gasteiger charge is 2.14. The topological polar surface area (TPSA) is 60.2 Å². The van der Waals surface area contributed by atoms with E-state index in [9.17, 15) is 8.42 Å². The second-order valence-electron chi connectivity index (χ2n) is 4.92. The molecule has 0 aromatic heterocycles. The van der Waals surface area contributed by atoms with Crippen molar-refractivity contribution < 1.29 is 8.42 Å². The van der Waals surface area contributed by atoms with Crippen molar-refractivity contribution in [2.24, 2.45) is 5.73 Å². The summed E-state index contributed by atoms with van der Waals surface area (Å²) in [5, 5.41) is 0. The number of benzene rings is 1. The quantitative estimate of drug-likeness (QED) is 0.797. The first-order valence-electron chi connectivity index (χ1n) is 7.08. The Morgan fingerprint density at radius 2 is 1.79 bits per heavy atom. The number of hydrogen-bond acceptors (Lipinski definition) is 3. The van der Waals surface area contributed by atoms with Crippen molar-refractivity contribution in [1.29, 1.82) is 0 Å². The van der Waals surface area contributed by atoms with Crippen LogP contribution in [0.4, 0.5) is 0 Å². The molecule has 1 atom stereocenters. The first kappa shape index (κ1) is 16.2. The van der Waals surface area contributed by atoms with Gasteiger partial charge in [-0.25, -0.2) is 8.42 Å². The van der Waals surface area contributed by atoms with E-state index in [1.807, 2.05) is 19.1 Å². The molecule has 0 radical (unpaired) electrons. The Morgan fingerprint density at radius 1 is 1.16 bits per heavy atom. The zero-order valence-corrected chi connectivity index (χ0v) is 12.7. The van der Waals surface area contributed by atoms with E-state index in [0.29, 0.717) is 23.8 Å². The van der Waals surface area contributed by atoms with Gasteiger partial charge in [-0.15, -0.1) is 0 Å². The van der Waals surface area contributed by atoms with E-state index in [1.54, 1.807) is 12.1 Å². The lowest BCUT2D eigenvalue weighted by atomic mass is 9.92. The number of sulfone groups is 1. The third kappa shape index (κ3) is 4.62. The molecule has 0 bridgehead atoms. The minimum atomic E-state index is -3.10. The smallest absolute Gasteiger partial charge is 0.178 e. The molecule has 0 saturated carbocycles. The monoisotopic (exact) mass is 283 g/mol. The van der Waals surface area contributed by atoms with Crippen LogP contribution in [0.3, 0.4) is 0 Å². The summed E-state index contributed by atoms with van der Waals surface area (Å²) >= 11 is 0. The summed E-state index contributed by atoms with van der Waals surface area (Å²) in [4.78, 5) is 0.437. The third-order valence-corrected chi connectivity index (χ3v) is 5.37. The normalized spacial score (nSPS) is 13.4. The van der Waals surface area contributed by atoms with Crippen LogP contribution in [0.15, 0.2) is 29.2 Å². The van der Waals surface area contributed by atoms with Crippen LogP contribution in [0.1, 0.15) is 51.0 Å². The van der Waals surface area contributed by atoms with Crippen LogP contribution in [0, 0.1) is 0 Å². The summed E-state index contributed by atoms with van der Waals surface area (Å²) in [6, 6.07) is 7.39. The van der Waals surface area contributed by atoms with Crippen molar-refractivity contribution in [2.45, 2.75) is 50.3 Å². The van der Waals surface area contributed by atoms with Crippen LogP contribution < -0.4 is 5.73 Å². The van der Waals surface area contributed by atoms with Crippen LogP contribution in [-0.4, -0.2) is 20.7 Å². The molecule has 0 heterocycles. The van der Waals surface area contributed by atoms with Gasteiger partial charge in [0.1, 0.15) is 0 Å². The fourth-order valence-corrected chi connectivity index (χ4v) is 3.63. The zero-order valence-electron chi connectivity index (χ0n) is 11.9. The second kappa shape index (κ2) is 7.65. The molecule has 0 aliphatic heterocycles. The van der Waals surface area contributed by atoms with Gasteiger partial charge in [-0.05, 0) is 55.8 Å². The maximum absolute atomic E-state index is 11.9. The summed E-state index contributed by atoms with van der Waals surface area (Å²) in [7, 11) is -3.10. The van der Waals surface area contributed by atoms with E-state index in [4.69, 9.17) is 5.73 Å². The first-order chi connectivity index (χ1) is 9.05. The first-order valence-corrected chi connectivity index (χ1v) is 8.73. The molecule has 1 unspecified atom stereocenters. The molecule has 0 aliphatic rings. The van der Waals surface area contributed by atoms with Crippen molar-refractivity contribution in [1.82, 2.24) is 0 Å². The maximum Gasteiger partial charge on any atom is 0.178 e. The standard InChI is InChI=1S/C15H25NO2S/c1-3-12-19(17,18)15-9-7-14(8-10-15)13(4-2)6-5-11-16/h7-10,13H,3-6,11-12,16H2,1-2H3. The van der Waals surface area contributed by atoms with Gasteiger partial charge in [-0.3, -0.25) is 0 Å². The van der Waals surface area contributed by atoms with E-state index in [1.165, 1.54) is 5.56 Å². The molecular formula is C15H25NO2S. The predicted octanol–water partition coefficient (Wildman–Crippen LogP) is 3.10. The lowest BCUT2D eigenvalue weighted by molar-refractivity contribution is 0.580.